The van der Waals surface area contributed by atoms with Crippen LogP contribution in [-0.4, -0.2) is 36.7 Å². The third kappa shape index (κ3) is 4.67. The number of morpholine rings is 1. The Bertz CT molecular complexity index is 206. The summed E-state index contributed by atoms with van der Waals surface area (Å²) in [5.41, 5.74) is 6.77. The van der Waals surface area contributed by atoms with E-state index in [-0.39, 0.29) is 0 Å². The SMILES string of the molecule is C/C=C(/N)CCCN1CC(C)OC(C)C1. The number of nitrogens with zero attached hydrogens (tertiary/aromatic N) is 1. The van der Waals surface area contributed by atoms with Gasteiger partial charge in [-0.15, -0.1) is 0 Å². The molecule has 0 aromatic rings. The summed E-state index contributed by atoms with van der Waals surface area (Å²) < 4.78 is 5.69. The molecule has 1 fully saturated rings. The second-order valence-electron chi connectivity index (χ2n) is 4.48. The van der Waals surface area contributed by atoms with Crippen molar-refractivity contribution < 1.29 is 4.74 Å². The monoisotopic (exact) mass is 212 g/mol. The van der Waals surface area contributed by atoms with Crippen molar-refractivity contribution in [3.63, 3.8) is 0 Å². The van der Waals surface area contributed by atoms with Crippen LogP contribution in [0, 0.1) is 0 Å². The molecule has 0 saturated carbocycles. The molecule has 1 aliphatic heterocycles. The molecule has 0 aromatic carbocycles. The fourth-order valence-electron chi connectivity index (χ4n) is 2.12. The quantitative estimate of drug-likeness (QED) is 0.771. The molecule has 88 valence electrons. The maximum atomic E-state index is 5.76. The molecular weight excluding hydrogens is 188 g/mol. The predicted molar refractivity (Wildman–Crippen MR) is 63.6 cm³/mol. The molecule has 0 radical (unpaired) electrons. The van der Waals surface area contributed by atoms with Crippen LogP contribution in [0.15, 0.2) is 11.8 Å². The lowest BCUT2D eigenvalue weighted by atomic mass is 10.2. The van der Waals surface area contributed by atoms with Crippen molar-refractivity contribution >= 4 is 0 Å². The van der Waals surface area contributed by atoms with Crippen LogP contribution in [0.5, 0.6) is 0 Å². The number of hydrogen-bond acceptors (Lipinski definition) is 3. The zero-order valence-electron chi connectivity index (χ0n) is 10.2. The zero-order valence-corrected chi connectivity index (χ0v) is 10.2. The minimum Gasteiger partial charge on any atom is -0.402 e. The van der Waals surface area contributed by atoms with Gasteiger partial charge in [-0.2, -0.15) is 0 Å². The van der Waals surface area contributed by atoms with Gasteiger partial charge in [0.15, 0.2) is 0 Å². The molecule has 1 rings (SSSR count). The molecule has 2 atom stereocenters. The van der Waals surface area contributed by atoms with Crippen LogP contribution >= 0.6 is 0 Å². The molecule has 0 spiro atoms. The van der Waals surface area contributed by atoms with E-state index in [0.717, 1.165) is 38.2 Å². The van der Waals surface area contributed by atoms with Crippen LogP contribution in [-0.2, 0) is 4.74 Å². The summed E-state index contributed by atoms with van der Waals surface area (Å²) >= 11 is 0. The molecule has 1 heterocycles. The third-order valence-corrected chi connectivity index (χ3v) is 2.81. The summed E-state index contributed by atoms with van der Waals surface area (Å²) in [5.74, 6) is 0. The Kier molecular flexibility index (Phi) is 5.12. The Morgan fingerprint density at radius 2 is 2.00 bits per heavy atom. The van der Waals surface area contributed by atoms with Gasteiger partial charge in [-0.1, -0.05) is 6.08 Å². The van der Waals surface area contributed by atoms with Gasteiger partial charge < -0.3 is 10.5 Å². The molecule has 1 aliphatic rings. The van der Waals surface area contributed by atoms with Crippen molar-refractivity contribution in [2.24, 2.45) is 5.73 Å². The smallest absolute Gasteiger partial charge is 0.0678 e. The Morgan fingerprint density at radius 1 is 1.40 bits per heavy atom. The molecule has 0 amide bonds. The number of rotatable bonds is 4. The van der Waals surface area contributed by atoms with E-state index in [9.17, 15) is 0 Å². The molecule has 2 N–H and O–H groups in total. The van der Waals surface area contributed by atoms with Crippen molar-refractivity contribution in [3.05, 3.63) is 11.8 Å². The van der Waals surface area contributed by atoms with Crippen molar-refractivity contribution in [1.29, 1.82) is 0 Å². The summed E-state index contributed by atoms with van der Waals surface area (Å²) in [6.07, 6.45) is 4.89. The van der Waals surface area contributed by atoms with Gasteiger partial charge in [0.2, 0.25) is 0 Å². The summed E-state index contributed by atoms with van der Waals surface area (Å²) in [4.78, 5) is 2.47. The number of ether oxygens (including phenoxy) is 1. The fourth-order valence-corrected chi connectivity index (χ4v) is 2.12. The van der Waals surface area contributed by atoms with Gasteiger partial charge in [-0.05, 0) is 40.2 Å². The molecule has 15 heavy (non-hydrogen) atoms. The lowest BCUT2D eigenvalue weighted by Gasteiger charge is -2.35. The van der Waals surface area contributed by atoms with E-state index in [0.29, 0.717) is 12.2 Å². The fraction of sp³-hybridized carbons (Fsp3) is 0.833. The Labute approximate surface area is 93.3 Å². The van der Waals surface area contributed by atoms with Gasteiger partial charge in [-0.3, -0.25) is 4.90 Å². The van der Waals surface area contributed by atoms with Crippen molar-refractivity contribution in [2.75, 3.05) is 19.6 Å². The van der Waals surface area contributed by atoms with Crippen molar-refractivity contribution in [1.82, 2.24) is 4.90 Å². The number of nitrogens with two attached hydrogens (primary N) is 1. The molecule has 3 heteroatoms. The lowest BCUT2D eigenvalue weighted by molar-refractivity contribution is -0.0680. The molecule has 1 saturated heterocycles. The van der Waals surface area contributed by atoms with Crippen LogP contribution in [0.1, 0.15) is 33.6 Å². The Morgan fingerprint density at radius 3 is 2.53 bits per heavy atom. The highest BCUT2D eigenvalue weighted by molar-refractivity contribution is 4.93. The predicted octanol–water partition coefficient (Wildman–Crippen LogP) is 1.74. The lowest BCUT2D eigenvalue weighted by Crippen LogP contribution is -2.45. The van der Waals surface area contributed by atoms with Crippen LogP contribution in [0.2, 0.25) is 0 Å². The largest absolute Gasteiger partial charge is 0.402 e. The molecule has 0 aromatic heterocycles. The van der Waals surface area contributed by atoms with E-state index >= 15 is 0 Å². The first kappa shape index (κ1) is 12.5. The van der Waals surface area contributed by atoms with Gasteiger partial charge >= 0.3 is 0 Å². The van der Waals surface area contributed by atoms with E-state index in [4.69, 9.17) is 10.5 Å². The maximum absolute atomic E-state index is 5.76. The number of hydrogen-bond donors (Lipinski definition) is 1. The van der Waals surface area contributed by atoms with E-state index in [1.807, 2.05) is 13.0 Å². The number of allylic oxidation sites excluding steroid dienone is 2. The molecule has 0 bridgehead atoms. The van der Waals surface area contributed by atoms with Gasteiger partial charge in [-0.25, -0.2) is 0 Å². The minimum absolute atomic E-state index is 0.368. The van der Waals surface area contributed by atoms with Crippen LogP contribution in [0.25, 0.3) is 0 Å². The highest BCUT2D eigenvalue weighted by Gasteiger charge is 2.21. The summed E-state index contributed by atoms with van der Waals surface area (Å²) in [7, 11) is 0. The molecular formula is C12H24N2O. The molecule has 3 nitrogen and oxygen atoms in total. The summed E-state index contributed by atoms with van der Waals surface area (Å²) in [5, 5.41) is 0. The maximum Gasteiger partial charge on any atom is 0.0678 e. The molecule has 0 aliphatic carbocycles. The van der Waals surface area contributed by atoms with Crippen LogP contribution in [0.4, 0.5) is 0 Å². The van der Waals surface area contributed by atoms with E-state index in [2.05, 4.69) is 18.7 Å². The van der Waals surface area contributed by atoms with E-state index in [1.54, 1.807) is 0 Å². The van der Waals surface area contributed by atoms with Crippen LogP contribution in [0.3, 0.4) is 0 Å². The van der Waals surface area contributed by atoms with E-state index < -0.39 is 0 Å². The van der Waals surface area contributed by atoms with Gasteiger partial charge in [0.25, 0.3) is 0 Å². The van der Waals surface area contributed by atoms with Crippen LogP contribution < -0.4 is 5.73 Å². The van der Waals surface area contributed by atoms with Gasteiger partial charge in [0.05, 0.1) is 12.2 Å². The highest BCUT2D eigenvalue weighted by atomic mass is 16.5. The second-order valence-corrected chi connectivity index (χ2v) is 4.48. The van der Waals surface area contributed by atoms with Gasteiger partial charge in [0.1, 0.15) is 0 Å². The minimum atomic E-state index is 0.368. The summed E-state index contributed by atoms with van der Waals surface area (Å²) in [6, 6.07) is 0. The zero-order chi connectivity index (χ0) is 11.3. The average Bonchev–Trinajstić information content (AvgIpc) is 2.16. The van der Waals surface area contributed by atoms with E-state index in [1.165, 1.54) is 0 Å². The second kappa shape index (κ2) is 6.13. The first-order valence-corrected chi connectivity index (χ1v) is 5.90. The third-order valence-electron chi connectivity index (χ3n) is 2.81. The first-order chi connectivity index (χ1) is 7.11. The topological polar surface area (TPSA) is 38.5 Å². The van der Waals surface area contributed by atoms with Gasteiger partial charge in [0, 0.05) is 18.8 Å². The normalized spacial score (nSPS) is 29.4. The first-order valence-electron chi connectivity index (χ1n) is 5.90. The standard InChI is InChI=1S/C12H24N2O/c1-4-12(13)6-5-7-14-8-10(2)15-11(3)9-14/h4,10-11H,5-9,13H2,1-3H3/b12-4+. The highest BCUT2D eigenvalue weighted by Crippen LogP contribution is 2.11. The molecule has 2 unspecified atom stereocenters. The Hall–Kier alpha value is -0.540. The average molecular weight is 212 g/mol. The Balaban J connectivity index is 2.20. The van der Waals surface area contributed by atoms with Crippen molar-refractivity contribution in [2.45, 2.75) is 45.8 Å². The van der Waals surface area contributed by atoms with Crippen molar-refractivity contribution in [3.8, 4) is 0 Å². The summed E-state index contributed by atoms with van der Waals surface area (Å²) in [6.45, 7) is 9.52.